The Balaban J connectivity index is 1.60. The van der Waals surface area contributed by atoms with E-state index in [4.69, 9.17) is 0 Å². The second-order valence-electron chi connectivity index (χ2n) is 10.7. The normalized spacial score (nSPS) is 38.8. The van der Waals surface area contributed by atoms with Gasteiger partial charge < -0.3 is 5.11 Å². The number of aliphatic hydroxyl groups is 1. The Morgan fingerprint density at radius 2 is 1.90 bits per heavy atom. The number of allylic oxidation sites excluding steroid dienone is 4. The maximum absolute atomic E-state index is 12.4. The second kappa shape index (κ2) is 7.21. The number of carbonyl (C=O) groups is 1. The van der Waals surface area contributed by atoms with Crippen LogP contribution in [0.4, 0.5) is 0 Å². The monoisotopic (exact) mass is 414 g/mol. The topological polar surface area (TPSA) is 37.3 Å². The fourth-order valence-corrected chi connectivity index (χ4v) is 7.46. The third kappa shape index (κ3) is 3.00. The van der Waals surface area contributed by atoms with Crippen molar-refractivity contribution in [3.05, 3.63) is 58.7 Å². The number of aryl methyl sites for hydroxylation is 1. The number of hydrogen-bond donors (Lipinski definition) is 1. The van der Waals surface area contributed by atoms with Crippen molar-refractivity contribution >= 4 is 5.78 Å². The number of benzene rings is 1. The molecule has 0 bridgehead atoms. The first-order valence-electron chi connectivity index (χ1n) is 12.0. The lowest BCUT2D eigenvalue weighted by atomic mass is 9.49. The van der Waals surface area contributed by atoms with Crippen molar-refractivity contribution in [2.75, 3.05) is 0 Å². The molecule has 5 atom stereocenters. The predicted molar refractivity (Wildman–Crippen MR) is 124 cm³/mol. The van der Waals surface area contributed by atoms with E-state index in [2.05, 4.69) is 56.0 Å². The molecule has 0 heterocycles. The summed E-state index contributed by atoms with van der Waals surface area (Å²) < 4.78 is 0. The summed E-state index contributed by atoms with van der Waals surface area (Å²) in [6.45, 7) is 6.24. The van der Waals surface area contributed by atoms with Gasteiger partial charge >= 0.3 is 0 Å². The van der Waals surface area contributed by atoms with Gasteiger partial charge in [0, 0.05) is 17.3 Å². The number of rotatable bonds is 2. The average molecular weight is 415 g/mol. The van der Waals surface area contributed by atoms with Gasteiger partial charge in [-0.05, 0) is 82.3 Å². The predicted octanol–water partition coefficient (Wildman–Crippen LogP) is 5.72. The van der Waals surface area contributed by atoms with E-state index in [9.17, 15) is 9.90 Å². The molecule has 2 fully saturated rings. The molecule has 0 amide bonds. The van der Waals surface area contributed by atoms with Crippen molar-refractivity contribution in [3.63, 3.8) is 0 Å². The standard InChI is InChI=1S/C29H34O2/c1-4-14-29(31)17-13-25-24-10-9-22-18-23(30)11-16-28(22,26(24)12-15-27(25,29)3)19-21-7-5-20(2)6-8-21/h5-8,12,18,24-25,31H,9-11,13,15-17,19H2,1-3H3/t24?,25?,27-,28+,29-/m0/s1. The van der Waals surface area contributed by atoms with E-state index in [0.29, 0.717) is 24.0 Å². The summed E-state index contributed by atoms with van der Waals surface area (Å²) in [5, 5.41) is 11.5. The van der Waals surface area contributed by atoms with E-state index in [-0.39, 0.29) is 10.8 Å². The Hall–Kier alpha value is -2.11. The van der Waals surface area contributed by atoms with Gasteiger partial charge in [-0.25, -0.2) is 0 Å². The molecular formula is C29H34O2. The Morgan fingerprint density at radius 1 is 1.13 bits per heavy atom. The maximum atomic E-state index is 12.4. The lowest BCUT2D eigenvalue weighted by Crippen LogP contribution is -2.51. The van der Waals surface area contributed by atoms with E-state index in [0.717, 1.165) is 44.9 Å². The molecule has 0 radical (unpaired) electrons. The van der Waals surface area contributed by atoms with Crippen LogP contribution in [0.3, 0.4) is 0 Å². The number of carbonyl (C=O) groups excluding carboxylic acids is 1. The van der Waals surface area contributed by atoms with Crippen LogP contribution >= 0.6 is 0 Å². The van der Waals surface area contributed by atoms with Crippen LogP contribution < -0.4 is 0 Å². The Bertz CT molecular complexity index is 1030. The lowest BCUT2D eigenvalue weighted by Gasteiger charge is -2.55. The van der Waals surface area contributed by atoms with Gasteiger partial charge in [0.05, 0.1) is 0 Å². The molecular weight excluding hydrogens is 380 g/mol. The minimum atomic E-state index is -0.878. The highest BCUT2D eigenvalue weighted by molar-refractivity contribution is 5.92. The van der Waals surface area contributed by atoms with Crippen LogP contribution in [0.5, 0.6) is 0 Å². The third-order valence-electron chi connectivity index (χ3n) is 9.20. The fourth-order valence-electron chi connectivity index (χ4n) is 7.46. The lowest BCUT2D eigenvalue weighted by molar-refractivity contribution is -0.115. The Kier molecular flexibility index (Phi) is 4.83. The smallest absolute Gasteiger partial charge is 0.155 e. The molecule has 0 saturated heterocycles. The summed E-state index contributed by atoms with van der Waals surface area (Å²) in [5.74, 6) is 7.45. The fraction of sp³-hybridized carbons (Fsp3) is 0.552. The van der Waals surface area contributed by atoms with Gasteiger partial charge in [-0.1, -0.05) is 59.9 Å². The molecule has 2 nitrogen and oxygen atoms in total. The molecule has 5 rings (SSSR count). The van der Waals surface area contributed by atoms with Crippen molar-refractivity contribution in [1.29, 1.82) is 0 Å². The average Bonchev–Trinajstić information content (AvgIpc) is 3.01. The van der Waals surface area contributed by atoms with Gasteiger partial charge in [0.15, 0.2) is 5.78 Å². The van der Waals surface area contributed by atoms with Crippen molar-refractivity contribution in [3.8, 4) is 11.8 Å². The van der Waals surface area contributed by atoms with Crippen LogP contribution in [0.2, 0.25) is 0 Å². The molecule has 2 heteroatoms. The maximum Gasteiger partial charge on any atom is 0.155 e. The number of fused-ring (bicyclic) bond motifs is 5. The van der Waals surface area contributed by atoms with Gasteiger partial charge in [0.25, 0.3) is 0 Å². The molecule has 162 valence electrons. The van der Waals surface area contributed by atoms with Crippen LogP contribution in [0.25, 0.3) is 0 Å². The van der Waals surface area contributed by atoms with Crippen LogP contribution in [0, 0.1) is 41.4 Å². The number of hydrogen-bond acceptors (Lipinski definition) is 2. The first-order chi connectivity index (χ1) is 14.8. The second-order valence-corrected chi connectivity index (χ2v) is 10.7. The summed E-state index contributed by atoms with van der Waals surface area (Å²) in [6, 6.07) is 8.94. The largest absolute Gasteiger partial charge is 0.377 e. The van der Waals surface area contributed by atoms with Gasteiger partial charge in [-0.3, -0.25) is 4.79 Å². The molecule has 4 aliphatic rings. The molecule has 2 saturated carbocycles. The van der Waals surface area contributed by atoms with E-state index in [1.807, 2.05) is 13.0 Å². The summed E-state index contributed by atoms with van der Waals surface area (Å²) in [4.78, 5) is 12.4. The molecule has 31 heavy (non-hydrogen) atoms. The SMILES string of the molecule is CC#C[C@]1(O)CCC2C3CCC4=CC(=O)CC[C@]4(Cc4ccc(C)cc4)C3=CC[C@@]21C. The minimum absolute atomic E-state index is 0.0233. The highest BCUT2D eigenvalue weighted by atomic mass is 16.3. The molecule has 1 aromatic carbocycles. The summed E-state index contributed by atoms with van der Waals surface area (Å²) in [7, 11) is 0. The van der Waals surface area contributed by atoms with Gasteiger partial charge in [-0.2, -0.15) is 0 Å². The van der Waals surface area contributed by atoms with Crippen LogP contribution in [0.1, 0.15) is 69.9 Å². The molecule has 0 aliphatic heterocycles. The van der Waals surface area contributed by atoms with Crippen LogP contribution in [-0.4, -0.2) is 16.5 Å². The zero-order chi connectivity index (χ0) is 21.9. The summed E-state index contributed by atoms with van der Waals surface area (Å²) >= 11 is 0. The van der Waals surface area contributed by atoms with Crippen molar-refractivity contribution in [2.45, 2.75) is 77.7 Å². The van der Waals surface area contributed by atoms with E-state index >= 15 is 0 Å². The number of ketones is 1. The molecule has 1 aromatic rings. The van der Waals surface area contributed by atoms with E-state index < -0.39 is 5.60 Å². The Morgan fingerprint density at radius 3 is 2.65 bits per heavy atom. The van der Waals surface area contributed by atoms with Crippen molar-refractivity contribution in [2.24, 2.45) is 22.7 Å². The first-order valence-corrected chi connectivity index (χ1v) is 12.0. The molecule has 4 aliphatic carbocycles. The molecule has 1 N–H and O–H groups in total. The quantitative estimate of drug-likeness (QED) is 0.496. The molecule has 0 aromatic heterocycles. The molecule has 2 unspecified atom stereocenters. The minimum Gasteiger partial charge on any atom is -0.377 e. The Labute approximate surface area is 186 Å². The molecule has 0 spiro atoms. The van der Waals surface area contributed by atoms with E-state index in [1.54, 1.807) is 5.57 Å². The zero-order valence-electron chi connectivity index (χ0n) is 19.1. The van der Waals surface area contributed by atoms with Gasteiger partial charge in [0.2, 0.25) is 0 Å². The van der Waals surface area contributed by atoms with E-state index in [1.165, 1.54) is 16.7 Å². The first kappa shape index (κ1) is 20.8. The summed E-state index contributed by atoms with van der Waals surface area (Å²) in [5.41, 5.74) is 4.49. The van der Waals surface area contributed by atoms with Crippen LogP contribution in [0.15, 0.2) is 47.6 Å². The highest BCUT2D eigenvalue weighted by Crippen LogP contribution is 2.66. The van der Waals surface area contributed by atoms with Gasteiger partial charge in [-0.15, -0.1) is 5.92 Å². The van der Waals surface area contributed by atoms with Crippen LogP contribution in [-0.2, 0) is 11.2 Å². The third-order valence-corrected chi connectivity index (χ3v) is 9.20. The van der Waals surface area contributed by atoms with Gasteiger partial charge in [0.1, 0.15) is 5.60 Å². The zero-order valence-corrected chi connectivity index (χ0v) is 19.1. The summed E-state index contributed by atoms with van der Waals surface area (Å²) in [6.07, 6.45) is 11.8. The highest BCUT2D eigenvalue weighted by Gasteiger charge is 2.62. The van der Waals surface area contributed by atoms with Crippen molar-refractivity contribution < 1.29 is 9.90 Å². The van der Waals surface area contributed by atoms with Crippen molar-refractivity contribution in [1.82, 2.24) is 0 Å².